The number of carbonyl (C=O) groups excluding carboxylic acids is 14. The van der Waals surface area contributed by atoms with Crippen LogP contribution in [0.1, 0.15) is 131 Å². The van der Waals surface area contributed by atoms with Gasteiger partial charge in [-0.2, -0.15) is 0 Å². The minimum absolute atomic E-state index is 0.0134. The van der Waals surface area contributed by atoms with Gasteiger partial charge >= 0.3 is 23.9 Å². The highest BCUT2D eigenvalue weighted by Gasteiger charge is 2.39. The largest absolute Gasteiger partial charge is 0.508 e. The van der Waals surface area contributed by atoms with Crippen molar-refractivity contribution in [3.63, 3.8) is 0 Å². The molecular formula is C86H115N19O27. The summed E-state index contributed by atoms with van der Waals surface area (Å²) < 4.78 is 0. The van der Waals surface area contributed by atoms with Crippen molar-refractivity contribution in [2.24, 2.45) is 22.9 Å². The molecule has 0 fully saturated rings. The number of aliphatic carboxylic acids is 4. The molecule has 5 aromatic carbocycles. The van der Waals surface area contributed by atoms with Gasteiger partial charge in [-0.15, -0.1) is 0 Å². The van der Waals surface area contributed by atoms with E-state index in [9.17, 15) is 108 Å². The van der Waals surface area contributed by atoms with Gasteiger partial charge in [-0.05, 0) is 172 Å². The lowest BCUT2D eigenvalue weighted by Crippen LogP contribution is -2.61. The number of phenols is 5. The molecule has 0 saturated heterocycles. The number of phenolic OH excluding ortho intramolecular Hbond substituents is 5. The molecule has 5 aromatic rings. The zero-order valence-electron chi connectivity index (χ0n) is 72.1. The van der Waals surface area contributed by atoms with Crippen molar-refractivity contribution in [3.8, 4) is 28.7 Å². The lowest BCUT2D eigenvalue weighted by Gasteiger charge is -2.29. The standard InChI is InChI=1S/C86H115N19O27/c1-46(106)94-60(30-33-70(113)114)78(125)103-68(43-51-18-28-56(111)29-19-51)85(132)100-62(32-35-72(117)118)80(127)105-66(41-49-14-24-54(109)25-15-49)83(130)98-59(8-3-5-37-88)77(124)102-67(42-50-16-26-55(110)27-17-50)84(131)99-61(31-34-71(115)116)79(126)104-65(40-48-12-22-53(108)23-13-48)82(129)97-58(7-2-4-36-87)76(123)101-64(39-47-10-20-52(107)21-11-47)81(128)96-57(9-6-38-92-86(90)91)75(122)93-45-69(112)95-63(74(89)121)44-73(119)120/h10-29,57-68,107-111H,2-9,30-45,87-88H2,1H3,(H2,89,121)(H,93,122)(H,94,106)(H,95,112)(H,96,128)(H,97,129)(H,98,130)(H,99,131)(H,100,132)(H,101,123)(H,102,124)(H,103,125)(H,104,126)(H,105,127)(H,113,114)(H,115,116)(H,117,118)(H,119,120)(H4,90,91,92)/t57-,58-,59-,60-,61-,62-,63-,64-,65-,66-,67-,68-/m0/s1. The summed E-state index contributed by atoms with van der Waals surface area (Å²) in [6.45, 7) is 0.236. The molecule has 32 N–H and O–H groups in total. The van der Waals surface area contributed by atoms with Gasteiger partial charge in [0.1, 0.15) is 101 Å². The van der Waals surface area contributed by atoms with E-state index >= 15 is 24.0 Å². The van der Waals surface area contributed by atoms with Crippen LogP contribution in [0, 0.1) is 5.41 Å². The number of nitrogens with one attached hydrogen (secondary N) is 15. The number of carboxylic acid groups (broad SMARTS) is 4. The summed E-state index contributed by atoms with van der Waals surface area (Å²) in [6, 6.07) is 5.35. The second-order valence-electron chi connectivity index (χ2n) is 30.9. The molecule has 0 unspecified atom stereocenters. The Morgan fingerprint density at radius 3 is 0.758 bits per heavy atom. The number of benzene rings is 5. The van der Waals surface area contributed by atoms with Crippen LogP contribution in [0.2, 0.25) is 0 Å². The Kier molecular flexibility index (Phi) is 45.1. The van der Waals surface area contributed by atoms with E-state index in [1.165, 1.54) is 121 Å². The van der Waals surface area contributed by atoms with Crippen LogP contribution >= 0.6 is 0 Å². The van der Waals surface area contributed by atoms with Gasteiger partial charge in [0.05, 0.1) is 13.0 Å². The van der Waals surface area contributed by atoms with Crippen molar-refractivity contribution >= 4 is 113 Å². The smallest absolute Gasteiger partial charge is 0.305 e. The summed E-state index contributed by atoms with van der Waals surface area (Å²) in [4.78, 5) is 247. The maximum absolute atomic E-state index is 15.2. The lowest BCUT2D eigenvalue weighted by atomic mass is 10.0. The first kappa shape index (κ1) is 107. The Morgan fingerprint density at radius 1 is 0.288 bits per heavy atom. The van der Waals surface area contributed by atoms with E-state index < -0.39 is 262 Å². The van der Waals surface area contributed by atoms with E-state index in [0.717, 1.165) is 6.92 Å². The molecule has 46 nitrogen and oxygen atoms in total. The maximum atomic E-state index is 15.2. The van der Waals surface area contributed by atoms with E-state index in [-0.39, 0.29) is 123 Å². The predicted molar refractivity (Wildman–Crippen MR) is 468 cm³/mol. The van der Waals surface area contributed by atoms with Crippen LogP contribution in [0.4, 0.5) is 0 Å². The summed E-state index contributed by atoms with van der Waals surface area (Å²) in [7, 11) is 0. The van der Waals surface area contributed by atoms with E-state index in [1.54, 1.807) is 0 Å². The number of unbranched alkanes of at least 4 members (excludes halogenated alkanes) is 2. The number of amides is 14. The van der Waals surface area contributed by atoms with Crippen molar-refractivity contribution < 1.29 is 132 Å². The molecular weight excluding hydrogens is 1730 g/mol. The fraction of sp³-hybridized carbons (Fsp3) is 0.430. The van der Waals surface area contributed by atoms with Crippen LogP contribution in [-0.2, 0) is 118 Å². The molecule has 5 rings (SSSR count). The third-order valence-electron chi connectivity index (χ3n) is 20.2. The molecule has 14 amide bonds. The van der Waals surface area contributed by atoms with Crippen molar-refractivity contribution in [2.75, 3.05) is 26.2 Å². The maximum Gasteiger partial charge on any atom is 0.305 e. The lowest BCUT2D eigenvalue weighted by molar-refractivity contribution is -0.140. The van der Waals surface area contributed by atoms with E-state index in [1.807, 2.05) is 0 Å². The van der Waals surface area contributed by atoms with E-state index in [2.05, 4.69) is 74.4 Å². The number of carboxylic acids is 4. The quantitative estimate of drug-likeness (QED) is 0.00996. The Morgan fingerprint density at radius 2 is 0.523 bits per heavy atom. The van der Waals surface area contributed by atoms with Crippen LogP contribution in [0.25, 0.3) is 0 Å². The van der Waals surface area contributed by atoms with Gasteiger partial charge in [0.25, 0.3) is 0 Å². The molecule has 0 heterocycles. The number of rotatable bonds is 59. The van der Waals surface area contributed by atoms with Crippen LogP contribution < -0.4 is 97.4 Å². The molecule has 0 aromatic heterocycles. The summed E-state index contributed by atoms with van der Waals surface area (Å²) in [5.74, 6) is -22.9. The molecule has 12 atom stereocenters. The molecule has 0 saturated carbocycles. The highest BCUT2D eigenvalue weighted by atomic mass is 16.4. The second kappa shape index (κ2) is 55.5. The van der Waals surface area contributed by atoms with Gasteiger partial charge in [0.2, 0.25) is 82.7 Å². The highest BCUT2D eigenvalue weighted by Crippen LogP contribution is 2.21. The monoisotopic (exact) mass is 1850 g/mol. The highest BCUT2D eigenvalue weighted by molar-refractivity contribution is 6.01. The van der Waals surface area contributed by atoms with Gasteiger partial charge < -0.3 is 143 Å². The topological polar surface area (TPSA) is 786 Å². The number of primary amides is 1. The van der Waals surface area contributed by atoms with Crippen LogP contribution in [-0.4, -0.2) is 257 Å². The summed E-state index contributed by atoms with van der Waals surface area (Å²) in [6.07, 6.45) is -7.42. The number of aromatic hydroxyl groups is 5. The summed E-state index contributed by atoms with van der Waals surface area (Å²) in [5, 5.41) is 132. The van der Waals surface area contributed by atoms with Gasteiger partial charge in [-0.1, -0.05) is 60.7 Å². The summed E-state index contributed by atoms with van der Waals surface area (Å²) in [5.41, 5.74) is 23.8. The zero-order valence-corrected chi connectivity index (χ0v) is 72.1. The van der Waals surface area contributed by atoms with Crippen molar-refractivity contribution in [1.29, 1.82) is 5.41 Å². The number of guanidine groups is 1. The zero-order chi connectivity index (χ0) is 97.7. The second-order valence-corrected chi connectivity index (χ2v) is 30.9. The minimum atomic E-state index is -1.95. The van der Waals surface area contributed by atoms with Crippen LogP contribution in [0.15, 0.2) is 121 Å². The predicted octanol–water partition coefficient (Wildman–Crippen LogP) is -4.24. The number of nitrogens with two attached hydrogens (primary N) is 4. The van der Waals surface area contributed by atoms with Crippen molar-refractivity contribution in [1.82, 2.24) is 74.4 Å². The molecule has 132 heavy (non-hydrogen) atoms. The fourth-order valence-electron chi connectivity index (χ4n) is 13.2. The van der Waals surface area contributed by atoms with E-state index in [0.29, 0.717) is 11.1 Å². The summed E-state index contributed by atoms with van der Waals surface area (Å²) >= 11 is 0. The van der Waals surface area contributed by atoms with Gasteiger partial charge in [-0.3, -0.25) is 91.7 Å². The third-order valence-corrected chi connectivity index (χ3v) is 20.2. The minimum Gasteiger partial charge on any atom is -0.508 e. The molecule has 0 aliphatic heterocycles. The Bertz CT molecular complexity index is 4800. The number of hydrogen-bond donors (Lipinski definition) is 28. The van der Waals surface area contributed by atoms with E-state index in [4.69, 9.17) is 28.3 Å². The first-order valence-corrected chi connectivity index (χ1v) is 42.0. The Labute approximate surface area is 756 Å². The normalized spacial score (nSPS) is 13.6. The first-order chi connectivity index (χ1) is 62.6. The van der Waals surface area contributed by atoms with Gasteiger partial charge in [0.15, 0.2) is 5.96 Å². The average molecular weight is 1850 g/mol. The van der Waals surface area contributed by atoms with Crippen molar-refractivity contribution in [3.05, 3.63) is 149 Å². The Hall–Kier alpha value is -15.2. The van der Waals surface area contributed by atoms with Crippen LogP contribution in [0.5, 0.6) is 28.7 Å². The average Bonchev–Trinajstić information content (AvgIpc) is 0.854. The van der Waals surface area contributed by atoms with Crippen LogP contribution in [0.3, 0.4) is 0 Å². The molecule has 46 heteroatoms. The molecule has 0 radical (unpaired) electrons. The van der Waals surface area contributed by atoms with Gasteiger partial charge in [-0.25, -0.2) is 0 Å². The fourth-order valence-corrected chi connectivity index (χ4v) is 13.2. The molecule has 0 bridgehead atoms. The number of hydrogen-bond acceptors (Lipinski definition) is 26. The third kappa shape index (κ3) is 40.4. The van der Waals surface area contributed by atoms with Crippen molar-refractivity contribution in [2.45, 2.75) is 208 Å². The first-order valence-electron chi connectivity index (χ1n) is 42.0. The SMILES string of the molecule is CC(=O)N[C@@H](CCC(=O)O)C(=O)N[C@@H](Cc1ccc(O)cc1)C(=O)N[C@@H](CCC(=O)O)C(=O)N[C@@H](Cc1ccc(O)cc1)C(=O)N[C@@H](CCCCN)C(=O)N[C@@H](Cc1ccc(O)cc1)C(=O)N[C@@H](CCC(=O)O)C(=O)N[C@@H](Cc1ccc(O)cc1)C(=O)N[C@@H](CCCCN)C(=O)N[C@@H](Cc1ccc(O)cc1)C(=O)N[C@@H](CCCNC(=N)N)C(=O)NCC(=O)N[C@@H](CC(=O)O)C(N)=O. The molecule has 0 aliphatic rings. The Balaban J connectivity index is 1.52. The molecule has 716 valence electrons. The van der Waals surface area contributed by atoms with Gasteiger partial charge in [0, 0.05) is 64.8 Å². The molecule has 0 spiro atoms. The molecule has 0 aliphatic carbocycles. The number of carbonyl (C=O) groups is 18.